The Kier molecular flexibility index (Phi) is 4.00. The average Bonchev–Trinajstić information content (AvgIpc) is 2.38. The first-order valence-corrected chi connectivity index (χ1v) is 5.99. The quantitative estimate of drug-likeness (QED) is 0.496. The molecule has 0 saturated heterocycles. The third-order valence-electron chi connectivity index (χ3n) is 2.94. The number of carbonyl (C=O) groups excluding carboxylic acids is 1. The van der Waals surface area contributed by atoms with Gasteiger partial charge in [0.15, 0.2) is 0 Å². The zero-order valence-electron chi connectivity index (χ0n) is 10.4. The molecule has 0 aliphatic heterocycles. The molecule has 5 heteroatoms. The highest BCUT2D eigenvalue weighted by Gasteiger charge is 2.11. The van der Waals surface area contributed by atoms with E-state index in [2.05, 4.69) is 10.0 Å². The van der Waals surface area contributed by atoms with Gasteiger partial charge in [-0.25, -0.2) is 0 Å². The molecule has 96 valence electrons. The summed E-state index contributed by atoms with van der Waals surface area (Å²) in [7, 11) is 0. The van der Waals surface area contributed by atoms with Crippen LogP contribution in [0.4, 0.5) is 0 Å². The first-order chi connectivity index (χ1) is 9.19. The van der Waals surface area contributed by atoms with Gasteiger partial charge in [0, 0.05) is 11.3 Å². The number of fused-ring (bicyclic) bond motifs is 1. The van der Waals surface area contributed by atoms with Crippen molar-refractivity contribution in [2.24, 2.45) is 10.8 Å². The van der Waals surface area contributed by atoms with Gasteiger partial charge in [-0.3, -0.25) is 4.79 Å². The smallest absolute Gasteiger partial charge is 0.217 e. The lowest BCUT2D eigenvalue weighted by Crippen LogP contribution is -2.20. The summed E-state index contributed by atoms with van der Waals surface area (Å²) in [6.45, 7) is 0. The molecule has 0 heterocycles. The molecule has 1 amide bonds. The van der Waals surface area contributed by atoms with Crippen LogP contribution < -0.4 is 5.73 Å². The van der Waals surface area contributed by atoms with Gasteiger partial charge in [0.1, 0.15) is 0 Å². The van der Waals surface area contributed by atoms with E-state index in [9.17, 15) is 4.79 Å². The zero-order chi connectivity index (χ0) is 13.7. The Bertz CT molecular complexity index is 647. The molecule has 0 unspecified atom stereocenters. The molecule has 5 nitrogen and oxygen atoms in total. The number of carbonyl (C=O) groups is 1. The molecule has 0 bridgehead atoms. The Morgan fingerprint density at radius 1 is 1.26 bits per heavy atom. The minimum Gasteiger partial charge on any atom is -0.370 e. The second-order valence-corrected chi connectivity index (χ2v) is 4.41. The zero-order valence-corrected chi connectivity index (χ0v) is 10.4. The van der Waals surface area contributed by atoms with E-state index in [-0.39, 0.29) is 6.42 Å². The molecule has 2 N–H and O–H groups in total. The molecule has 0 aliphatic carbocycles. The van der Waals surface area contributed by atoms with Gasteiger partial charge in [-0.2, -0.15) is 0 Å². The number of rotatable bonds is 5. The van der Waals surface area contributed by atoms with Crippen molar-refractivity contribution in [3.63, 3.8) is 0 Å². The van der Waals surface area contributed by atoms with Gasteiger partial charge in [0.05, 0.1) is 6.04 Å². The topological polar surface area (TPSA) is 91.8 Å². The summed E-state index contributed by atoms with van der Waals surface area (Å²) in [6.07, 6.45) is 0.578. The van der Waals surface area contributed by atoms with E-state index in [0.717, 1.165) is 16.3 Å². The molecule has 0 aliphatic rings. The maximum Gasteiger partial charge on any atom is 0.217 e. The van der Waals surface area contributed by atoms with E-state index < -0.39 is 11.9 Å². The Balaban J connectivity index is 2.23. The van der Waals surface area contributed by atoms with Gasteiger partial charge in [-0.05, 0) is 28.3 Å². The molecule has 0 spiro atoms. The molecule has 19 heavy (non-hydrogen) atoms. The van der Waals surface area contributed by atoms with E-state index in [1.54, 1.807) is 0 Å². The van der Waals surface area contributed by atoms with Gasteiger partial charge in [-0.15, -0.1) is 0 Å². The fourth-order valence-electron chi connectivity index (χ4n) is 2.10. The predicted octanol–water partition coefficient (Wildman–Crippen LogP) is 2.94. The Hall–Kier alpha value is -2.52. The summed E-state index contributed by atoms with van der Waals surface area (Å²) in [6, 6.07) is 13.6. The number of nitrogens with zero attached hydrogens (tertiary/aromatic N) is 3. The van der Waals surface area contributed by atoms with Crippen LogP contribution in [0.5, 0.6) is 0 Å². The van der Waals surface area contributed by atoms with Crippen LogP contribution in [0.3, 0.4) is 0 Å². The van der Waals surface area contributed by atoms with Crippen LogP contribution >= 0.6 is 0 Å². The standard InChI is InChI=1S/C14H14N4O/c15-14(19)9-13(17-18-16)8-10-5-6-11-3-1-2-4-12(11)7-10/h1-7,13H,8-9H2,(H2,15,19)/t13-/m0/s1. The molecular weight excluding hydrogens is 240 g/mol. The molecule has 1 atom stereocenters. The van der Waals surface area contributed by atoms with Crippen molar-refractivity contribution >= 4 is 16.7 Å². The Labute approximate surface area is 110 Å². The largest absolute Gasteiger partial charge is 0.370 e. The van der Waals surface area contributed by atoms with Crippen molar-refractivity contribution in [3.8, 4) is 0 Å². The van der Waals surface area contributed by atoms with Crippen molar-refractivity contribution in [2.45, 2.75) is 18.9 Å². The van der Waals surface area contributed by atoms with Crippen LogP contribution in [-0.2, 0) is 11.2 Å². The molecule has 2 rings (SSSR count). The third-order valence-corrected chi connectivity index (χ3v) is 2.94. The lowest BCUT2D eigenvalue weighted by molar-refractivity contribution is -0.118. The number of primary amides is 1. The molecular formula is C14H14N4O. The summed E-state index contributed by atoms with van der Waals surface area (Å²) in [5, 5.41) is 5.90. The van der Waals surface area contributed by atoms with Crippen LogP contribution in [0.1, 0.15) is 12.0 Å². The first-order valence-electron chi connectivity index (χ1n) is 5.99. The van der Waals surface area contributed by atoms with Gasteiger partial charge in [-0.1, -0.05) is 47.6 Å². The maximum atomic E-state index is 10.9. The predicted molar refractivity (Wildman–Crippen MR) is 74.4 cm³/mol. The van der Waals surface area contributed by atoms with Crippen molar-refractivity contribution < 1.29 is 4.79 Å². The highest BCUT2D eigenvalue weighted by Crippen LogP contribution is 2.18. The van der Waals surface area contributed by atoms with E-state index in [1.165, 1.54) is 0 Å². The Morgan fingerprint density at radius 2 is 2.00 bits per heavy atom. The number of nitrogens with two attached hydrogens (primary N) is 1. The monoisotopic (exact) mass is 254 g/mol. The maximum absolute atomic E-state index is 10.9. The number of azide groups is 1. The van der Waals surface area contributed by atoms with Gasteiger partial charge in [0.25, 0.3) is 0 Å². The lowest BCUT2D eigenvalue weighted by Gasteiger charge is -2.09. The van der Waals surface area contributed by atoms with Gasteiger partial charge >= 0.3 is 0 Å². The minimum absolute atomic E-state index is 0.0664. The Morgan fingerprint density at radius 3 is 2.68 bits per heavy atom. The molecule has 2 aromatic carbocycles. The number of hydrogen-bond donors (Lipinski definition) is 1. The van der Waals surface area contributed by atoms with Crippen LogP contribution in [0.2, 0.25) is 0 Å². The number of benzene rings is 2. The normalized spacial score (nSPS) is 11.8. The van der Waals surface area contributed by atoms with Gasteiger partial charge < -0.3 is 5.73 Å². The molecule has 0 fully saturated rings. The van der Waals surface area contributed by atoms with E-state index in [4.69, 9.17) is 11.3 Å². The van der Waals surface area contributed by atoms with Crippen molar-refractivity contribution in [3.05, 3.63) is 58.5 Å². The van der Waals surface area contributed by atoms with Crippen LogP contribution in [0, 0.1) is 0 Å². The number of hydrogen-bond acceptors (Lipinski definition) is 2. The fourth-order valence-corrected chi connectivity index (χ4v) is 2.10. The fraction of sp³-hybridized carbons (Fsp3) is 0.214. The third kappa shape index (κ3) is 3.47. The van der Waals surface area contributed by atoms with Crippen molar-refractivity contribution in [1.82, 2.24) is 0 Å². The van der Waals surface area contributed by atoms with Crippen LogP contribution in [0.15, 0.2) is 47.6 Å². The molecule has 2 aromatic rings. The van der Waals surface area contributed by atoms with Crippen molar-refractivity contribution in [1.29, 1.82) is 0 Å². The first kappa shape index (κ1) is 12.9. The van der Waals surface area contributed by atoms with Crippen LogP contribution in [-0.4, -0.2) is 11.9 Å². The lowest BCUT2D eigenvalue weighted by atomic mass is 10.0. The summed E-state index contributed by atoms with van der Waals surface area (Å²) in [5.74, 6) is -0.460. The highest BCUT2D eigenvalue weighted by molar-refractivity contribution is 5.83. The second-order valence-electron chi connectivity index (χ2n) is 4.41. The molecule has 0 radical (unpaired) electrons. The highest BCUT2D eigenvalue weighted by atomic mass is 16.1. The van der Waals surface area contributed by atoms with Gasteiger partial charge in [0.2, 0.25) is 5.91 Å². The second kappa shape index (κ2) is 5.89. The number of amides is 1. The molecule has 0 aromatic heterocycles. The summed E-state index contributed by atoms with van der Waals surface area (Å²) < 4.78 is 0. The average molecular weight is 254 g/mol. The van der Waals surface area contributed by atoms with E-state index in [0.29, 0.717) is 6.42 Å². The summed E-state index contributed by atoms with van der Waals surface area (Å²) in [5.41, 5.74) is 14.7. The molecule has 0 saturated carbocycles. The summed E-state index contributed by atoms with van der Waals surface area (Å²) in [4.78, 5) is 13.7. The minimum atomic E-state index is -0.460. The van der Waals surface area contributed by atoms with E-state index in [1.807, 2.05) is 42.5 Å². The van der Waals surface area contributed by atoms with Crippen molar-refractivity contribution in [2.75, 3.05) is 0 Å². The SMILES string of the molecule is [N-]=[N+]=N[C@H](CC(N)=O)Cc1ccc2ccccc2c1. The van der Waals surface area contributed by atoms with Crippen LogP contribution in [0.25, 0.3) is 21.2 Å². The van der Waals surface area contributed by atoms with E-state index >= 15 is 0 Å². The summed E-state index contributed by atoms with van der Waals surface area (Å²) >= 11 is 0.